The first-order valence-electron chi connectivity index (χ1n) is 6.67. The summed E-state index contributed by atoms with van der Waals surface area (Å²) in [5.74, 6) is -0.339. The fraction of sp³-hybridized carbons (Fsp3) is 0.118. The topological polar surface area (TPSA) is 38.9 Å². The summed E-state index contributed by atoms with van der Waals surface area (Å²) in [4.78, 5) is 4.12. The maximum atomic E-state index is 13.1. The lowest BCUT2D eigenvalue weighted by Gasteiger charge is -2.15. The molecule has 0 aliphatic heterocycles. The van der Waals surface area contributed by atoms with E-state index in [1.54, 1.807) is 12.3 Å². The third-order valence-corrected chi connectivity index (χ3v) is 3.92. The van der Waals surface area contributed by atoms with Gasteiger partial charge in [-0.05, 0) is 41.1 Å². The van der Waals surface area contributed by atoms with Crippen LogP contribution in [0.2, 0.25) is 5.02 Å². The van der Waals surface area contributed by atoms with Gasteiger partial charge in [-0.3, -0.25) is 4.98 Å². The number of benzene rings is 2. The van der Waals surface area contributed by atoms with Gasteiger partial charge >= 0.3 is 0 Å². The number of halogens is 2. The van der Waals surface area contributed by atoms with Gasteiger partial charge in [0, 0.05) is 28.8 Å². The molecule has 1 aromatic heterocycles. The van der Waals surface area contributed by atoms with E-state index in [0.29, 0.717) is 11.4 Å². The van der Waals surface area contributed by atoms with Crippen molar-refractivity contribution in [1.29, 1.82) is 0 Å². The predicted molar refractivity (Wildman–Crippen MR) is 83.8 cm³/mol. The van der Waals surface area contributed by atoms with Crippen molar-refractivity contribution < 1.29 is 4.39 Å². The predicted octanol–water partition coefficient (Wildman–Crippen LogP) is 4.27. The summed E-state index contributed by atoms with van der Waals surface area (Å²) in [5, 5.41) is 2.54. The summed E-state index contributed by atoms with van der Waals surface area (Å²) in [6.45, 7) is 0. The zero-order chi connectivity index (χ0) is 14.8. The highest BCUT2D eigenvalue weighted by Crippen LogP contribution is 2.27. The van der Waals surface area contributed by atoms with Gasteiger partial charge in [-0.25, -0.2) is 4.39 Å². The van der Waals surface area contributed by atoms with Crippen molar-refractivity contribution in [2.45, 2.75) is 12.5 Å². The Morgan fingerprint density at radius 3 is 2.86 bits per heavy atom. The molecule has 0 bridgehead atoms. The fourth-order valence-electron chi connectivity index (χ4n) is 2.51. The van der Waals surface area contributed by atoms with Crippen LogP contribution in [-0.2, 0) is 6.42 Å². The zero-order valence-corrected chi connectivity index (χ0v) is 12.0. The Morgan fingerprint density at radius 2 is 2.05 bits per heavy atom. The molecule has 0 aliphatic rings. The van der Waals surface area contributed by atoms with E-state index in [4.69, 9.17) is 17.3 Å². The number of aromatic nitrogens is 1. The molecule has 2 N–H and O–H groups in total. The molecular formula is C17H14ClFN2. The Kier molecular flexibility index (Phi) is 3.86. The molecule has 106 valence electrons. The second-order valence-corrected chi connectivity index (χ2v) is 5.40. The standard InChI is InChI=1S/C17H14ClFN2/c18-16-9-13(19)5-4-11(16)8-17(20)15-3-1-2-12-10-21-7-6-14(12)15/h1-7,9-10,17H,8,20H2. The lowest BCUT2D eigenvalue weighted by Crippen LogP contribution is -2.14. The van der Waals surface area contributed by atoms with Gasteiger partial charge < -0.3 is 5.73 Å². The van der Waals surface area contributed by atoms with Gasteiger partial charge in [0.15, 0.2) is 0 Å². The monoisotopic (exact) mass is 300 g/mol. The van der Waals surface area contributed by atoms with Gasteiger partial charge in [0.1, 0.15) is 5.82 Å². The molecule has 3 aromatic rings. The summed E-state index contributed by atoms with van der Waals surface area (Å²) in [6.07, 6.45) is 4.13. The maximum Gasteiger partial charge on any atom is 0.124 e. The lowest BCUT2D eigenvalue weighted by atomic mass is 9.95. The van der Waals surface area contributed by atoms with Crippen LogP contribution in [0.25, 0.3) is 10.8 Å². The van der Waals surface area contributed by atoms with Crippen molar-refractivity contribution in [3.63, 3.8) is 0 Å². The third kappa shape index (κ3) is 2.89. The van der Waals surface area contributed by atoms with Crippen LogP contribution in [-0.4, -0.2) is 4.98 Å². The van der Waals surface area contributed by atoms with E-state index in [0.717, 1.165) is 21.9 Å². The largest absolute Gasteiger partial charge is 0.324 e. The molecule has 1 atom stereocenters. The van der Waals surface area contributed by atoms with Crippen molar-refractivity contribution >= 4 is 22.4 Å². The molecule has 3 rings (SSSR count). The van der Waals surface area contributed by atoms with Crippen LogP contribution in [0.15, 0.2) is 54.9 Å². The first-order chi connectivity index (χ1) is 10.1. The molecule has 2 nitrogen and oxygen atoms in total. The van der Waals surface area contributed by atoms with Crippen molar-refractivity contribution in [2.75, 3.05) is 0 Å². The summed E-state index contributed by atoms with van der Waals surface area (Å²) >= 11 is 6.07. The number of rotatable bonds is 3. The van der Waals surface area contributed by atoms with Crippen LogP contribution in [0, 0.1) is 5.82 Å². The van der Waals surface area contributed by atoms with E-state index in [1.165, 1.54) is 12.1 Å². The Labute approximate surface area is 127 Å². The quantitative estimate of drug-likeness (QED) is 0.784. The van der Waals surface area contributed by atoms with Crippen molar-refractivity contribution in [2.24, 2.45) is 5.73 Å². The second kappa shape index (κ2) is 5.80. The highest BCUT2D eigenvalue weighted by molar-refractivity contribution is 6.31. The average molecular weight is 301 g/mol. The smallest absolute Gasteiger partial charge is 0.124 e. The van der Waals surface area contributed by atoms with Crippen LogP contribution < -0.4 is 5.73 Å². The molecule has 0 amide bonds. The van der Waals surface area contributed by atoms with Crippen LogP contribution in [0.1, 0.15) is 17.2 Å². The van der Waals surface area contributed by atoms with E-state index >= 15 is 0 Å². The zero-order valence-electron chi connectivity index (χ0n) is 11.3. The number of pyridine rings is 1. The van der Waals surface area contributed by atoms with Crippen molar-refractivity contribution in [3.8, 4) is 0 Å². The van der Waals surface area contributed by atoms with Crippen molar-refractivity contribution in [3.05, 3.63) is 76.8 Å². The normalized spacial score (nSPS) is 12.5. The number of hydrogen-bond acceptors (Lipinski definition) is 2. The van der Waals surface area contributed by atoms with Crippen LogP contribution in [0.5, 0.6) is 0 Å². The average Bonchev–Trinajstić information content (AvgIpc) is 2.49. The molecular weight excluding hydrogens is 287 g/mol. The van der Waals surface area contributed by atoms with E-state index < -0.39 is 0 Å². The Morgan fingerprint density at radius 1 is 1.19 bits per heavy atom. The summed E-state index contributed by atoms with van der Waals surface area (Å²) in [7, 11) is 0. The van der Waals surface area contributed by atoms with E-state index in [-0.39, 0.29) is 11.9 Å². The molecule has 1 heterocycles. The lowest BCUT2D eigenvalue weighted by molar-refractivity contribution is 0.626. The minimum Gasteiger partial charge on any atom is -0.324 e. The van der Waals surface area contributed by atoms with Gasteiger partial charge in [-0.15, -0.1) is 0 Å². The number of fused-ring (bicyclic) bond motifs is 1. The van der Waals surface area contributed by atoms with Gasteiger partial charge in [-0.2, -0.15) is 0 Å². The molecule has 0 aliphatic carbocycles. The molecule has 0 saturated carbocycles. The number of hydrogen-bond donors (Lipinski definition) is 1. The Balaban J connectivity index is 1.95. The van der Waals surface area contributed by atoms with E-state index in [1.807, 2.05) is 30.5 Å². The van der Waals surface area contributed by atoms with Gasteiger partial charge in [-0.1, -0.05) is 35.9 Å². The van der Waals surface area contributed by atoms with Crippen LogP contribution >= 0.6 is 11.6 Å². The fourth-order valence-corrected chi connectivity index (χ4v) is 2.75. The highest BCUT2D eigenvalue weighted by atomic mass is 35.5. The number of nitrogens with two attached hydrogens (primary N) is 1. The van der Waals surface area contributed by atoms with Crippen LogP contribution in [0.4, 0.5) is 4.39 Å². The molecule has 2 aromatic carbocycles. The molecule has 0 fully saturated rings. The second-order valence-electron chi connectivity index (χ2n) is 4.99. The molecule has 21 heavy (non-hydrogen) atoms. The first kappa shape index (κ1) is 14.0. The summed E-state index contributed by atoms with van der Waals surface area (Å²) in [6, 6.07) is 12.1. The molecule has 0 radical (unpaired) electrons. The highest BCUT2D eigenvalue weighted by Gasteiger charge is 2.12. The van der Waals surface area contributed by atoms with Gasteiger partial charge in [0.2, 0.25) is 0 Å². The number of nitrogens with zero attached hydrogens (tertiary/aromatic N) is 1. The molecule has 0 saturated heterocycles. The van der Waals surface area contributed by atoms with Crippen molar-refractivity contribution in [1.82, 2.24) is 4.98 Å². The molecule has 0 spiro atoms. The molecule has 4 heteroatoms. The van der Waals surface area contributed by atoms with Crippen LogP contribution in [0.3, 0.4) is 0 Å². The van der Waals surface area contributed by atoms with Gasteiger partial charge in [0.05, 0.1) is 0 Å². The minimum atomic E-state index is -0.339. The van der Waals surface area contributed by atoms with Gasteiger partial charge in [0.25, 0.3) is 0 Å². The SMILES string of the molecule is NC(Cc1ccc(F)cc1Cl)c1cccc2cnccc12. The Hall–Kier alpha value is -1.97. The maximum absolute atomic E-state index is 13.1. The summed E-state index contributed by atoms with van der Waals surface area (Å²) in [5.41, 5.74) is 8.21. The first-order valence-corrected chi connectivity index (χ1v) is 7.05. The Bertz CT molecular complexity index is 783. The van der Waals surface area contributed by atoms with E-state index in [2.05, 4.69) is 4.98 Å². The molecule has 1 unspecified atom stereocenters. The summed E-state index contributed by atoms with van der Waals surface area (Å²) < 4.78 is 13.1. The minimum absolute atomic E-state index is 0.209. The van der Waals surface area contributed by atoms with E-state index in [9.17, 15) is 4.39 Å². The third-order valence-electron chi connectivity index (χ3n) is 3.57.